The molecule has 2 fully saturated rings. The lowest BCUT2D eigenvalue weighted by atomic mass is 9.78. The zero-order valence-electron chi connectivity index (χ0n) is 18.2. The molecule has 1 spiro atoms. The number of amides is 1. The van der Waals surface area contributed by atoms with Crippen LogP contribution in [0.15, 0.2) is 35.0 Å². The summed E-state index contributed by atoms with van der Waals surface area (Å²) in [5.41, 5.74) is 2.44. The first-order chi connectivity index (χ1) is 15.0. The number of phenolic OH excluding ortho intramolecular Hbond substituents is 1. The predicted molar refractivity (Wildman–Crippen MR) is 123 cm³/mol. The minimum absolute atomic E-state index is 0.0386. The van der Waals surface area contributed by atoms with Crippen LogP contribution >= 0.6 is 11.3 Å². The molecule has 3 heterocycles. The Hall–Kier alpha value is -2.51. The van der Waals surface area contributed by atoms with Gasteiger partial charge in [0.15, 0.2) is 11.5 Å². The standard InChI is InChI=1S/C24H30N2O4S/c1-29-20-13-19(14-21(30-2)23(20)28)15-25-9-6-24(17-25)7-10-26(11-8-24)22(27)4-3-18-5-12-31-16-18/h3-5,12-14,16,28H,6-11,15,17H2,1-2H3. The number of carbonyl (C=O) groups is 1. The first-order valence-electron chi connectivity index (χ1n) is 10.7. The zero-order chi connectivity index (χ0) is 21.8. The molecule has 2 aliphatic heterocycles. The number of hydrogen-bond acceptors (Lipinski definition) is 6. The Morgan fingerprint density at radius 1 is 1.16 bits per heavy atom. The number of carbonyl (C=O) groups excluding carboxylic acids is 1. The Bertz CT molecular complexity index is 908. The molecular formula is C24H30N2O4S. The van der Waals surface area contributed by atoms with E-state index in [1.54, 1.807) is 31.6 Å². The van der Waals surface area contributed by atoms with Crippen molar-refractivity contribution in [3.8, 4) is 17.2 Å². The highest BCUT2D eigenvalue weighted by Crippen LogP contribution is 2.42. The van der Waals surface area contributed by atoms with Gasteiger partial charge in [-0.05, 0) is 77.4 Å². The Labute approximate surface area is 187 Å². The fourth-order valence-electron chi connectivity index (χ4n) is 4.71. The van der Waals surface area contributed by atoms with Gasteiger partial charge in [0.2, 0.25) is 11.7 Å². The van der Waals surface area contributed by atoms with Crippen LogP contribution in [0, 0.1) is 5.41 Å². The van der Waals surface area contributed by atoms with Crippen LogP contribution in [-0.2, 0) is 11.3 Å². The van der Waals surface area contributed by atoms with Gasteiger partial charge < -0.3 is 19.5 Å². The van der Waals surface area contributed by atoms with Crippen molar-refractivity contribution in [3.63, 3.8) is 0 Å². The number of methoxy groups -OCH3 is 2. The maximum Gasteiger partial charge on any atom is 0.246 e. The van der Waals surface area contributed by atoms with Crippen LogP contribution in [0.5, 0.6) is 17.2 Å². The molecule has 1 aromatic carbocycles. The van der Waals surface area contributed by atoms with Crippen LogP contribution in [0.4, 0.5) is 0 Å². The third-order valence-electron chi connectivity index (χ3n) is 6.56. The maximum atomic E-state index is 12.5. The third kappa shape index (κ3) is 4.88. The number of likely N-dealkylation sites (tertiary alicyclic amines) is 2. The molecule has 0 radical (unpaired) electrons. The molecule has 0 bridgehead atoms. The minimum atomic E-state index is 0.0386. The van der Waals surface area contributed by atoms with Crippen LogP contribution in [-0.4, -0.2) is 61.2 Å². The first kappa shape index (κ1) is 21.7. The van der Waals surface area contributed by atoms with E-state index >= 15 is 0 Å². The molecule has 0 saturated carbocycles. The van der Waals surface area contributed by atoms with Gasteiger partial charge in [-0.2, -0.15) is 11.3 Å². The molecule has 6 nitrogen and oxygen atoms in total. The van der Waals surface area contributed by atoms with E-state index in [1.165, 1.54) is 0 Å². The highest BCUT2D eigenvalue weighted by atomic mass is 32.1. The summed E-state index contributed by atoms with van der Waals surface area (Å²) in [6, 6.07) is 5.78. The summed E-state index contributed by atoms with van der Waals surface area (Å²) in [5, 5.41) is 14.2. The predicted octanol–water partition coefficient (Wildman–Crippen LogP) is 4.00. The highest BCUT2D eigenvalue weighted by molar-refractivity contribution is 7.08. The molecule has 0 atom stereocenters. The average molecular weight is 443 g/mol. The lowest BCUT2D eigenvalue weighted by Gasteiger charge is -2.39. The topological polar surface area (TPSA) is 62.2 Å². The zero-order valence-corrected chi connectivity index (χ0v) is 19.0. The number of rotatable bonds is 6. The van der Waals surface area contributed by atoms with Gasteiger partial charge in [-0.15, -0.1) is 0 Å². The van der Waals surface area contributed by atoms with E-state index in [9.17, 15) is 9.90 Å². The minimum Gasteiger partial charge on any atom is -0.502 e. The fourth-order valence-corrected chi connectivity index (χ4v) is 5.34. The van der Waals surface area contributed by atoms with E-state index in [-0.39, 0.29) is 11.7 Å². The van der Waals surface area contributed by atoms with Gasteiger partial charge in [0.05, 0.1) is 14.2 Å². The number of ether oxygens (including phenoxy) is 2. The van der Waals surface area contributed by atoms with Crippen molar-refractivity contribution in [1.29, 1.82) is 0 Å². The Kier molecular flexibility index (Phi) is 6.53. The van der Waals surface area contributed by atoms with Crippen LogP contribution in [0.2, 0.25) is 0 Å². The van der Waals surface area contributed by atoms with E-state index in [2.05, 4.69) is 4.90 Å². The number of aromatic hydroxyl groups is 1. The molecule has 0 unspecified atom stereocenters. The van der Waals surface area contributed by atoms with Gasteiger partial charge in [-0.25, -0.2) is 0 Å². The number of hydrogen-bond donors (Lipinski definition) is 1. The van der Waals surface area contributed by atoms with Crippen molar-refractivity contribution in [2.24, 2.45) is 5.41 Å². The Morgan fingerprint density at radius 2 is 1.84 bits per heavy atom. The van der Waals surface area contributed by atoms with Gasteiger partial charge in [0.1, 0.15) is 0 Å². The van der Waals surface area contributed by atoms with Crippen molar-refractivity contribution in [2.75, 3.05) is 40.4 Å². The van der Waals surface area contributed by atoms with E-state index in [0.29, 0.717) is 16.9 Å². The van der Waals surface area contributed by atoms with Crippen molar-refractivity contribution in [3.05, 3.63) is 46.2 Å². The molecule has 1 N–H and O–H groups in total. The molecule has 166 valence electrons. The SMILES string of the molecule is COc1cc(CN2CCC3(CCN(C(=O)C=Cc4ccsc4)CC3)C2)cc(OC)c1O. The smallest absolute Gasteiger partial charge is 0.246 e. The van der Waals surface area contributed by atoms with Crippen LogP contribution in [0.1, 0.15) is 30.4 Å². The van der Waals surface area contributed by atoms with E-state index < -0.39 is 0 Å². The number of phenols is 1. The van der Waals surface area contributed by atoms with Gasteiger partial charge >= 0.3 is 0 Å². The number of benzene rings is 1. The molecular weight excluding hydrogens is 412 g/mol. The molecule has 4 rings (SSSR count). The molecule has 31 heavy (non-hydrogen) atoms. The largest absolute Gasteiger partial charge is 0.502 e. The summed E-state index contributed by atoms with van der Waals surface area (Å²) in [4.78, 5) is 17.0. The molecule has 2 aromatic rings. The van der Waals surface area contributed by atoms with Gasteiger partial charge in [-0.1, -0.05) is 0 Å². The third-order valence-corrected chi connectivity index (χ3v) is 7.26. The number of nitrogens with zero attached hydrogens (tertiary/aromatic N) is 2. The molecule has 1 amide bonds. The Balaban J connectivity index is 1.33. The summed E-state index contributed by atoms with van der Waals surface area (Å²) in [5.74, 6) is 1.02. The second-order valence-electron chi connectivity index (χ2n) is 8.52. The lowest BCUT2D eigenvalue weighted by molar-refractivity contribution is -0.128. The highest BCUT2D eigenvalue weighted by Gasteiger charge is 2.41. The van der Waals surface area contributed by atoms with Crippen molar-refractivity contribution < 1.29 is 19.4 Å². The quantitative estimate of drug-likeness (QED) is 0.685. The average Bonchev–Trinajstić information content (AvgIpc) is 3.44. The van der Waals surface area contributed by atoms with Crippen molar-refractivity contribution >= 4 is 23.3 Å². The second-order valence-corrected chi connectivity index (χ2v) is 9.30. The summed E-state index contributed by atoms with van der Waals surface area (Å²) in [6.07, 6.45) is 6.85. The van der Waals surface area contributed by atoms with Crippen LogP contribution in [0.25, 0.3) is 6.08 Å². The van der Waals surface area contributed by atoms with Crippen molar-refractivity contribution in [1.82, 2.24) is 9.80 Å². The molecule has 7 heteroatoms. The summed E-state index contributed by atoms with van der Waals surface area (Å²) < 4.78 is 10.6. The van der Waals surface area contributed by atoms with E-state index in [0.717, 1.165) is 63.1 Å². The molecule has 0 aliphatic carbocycles. The van der Waals surface area contributed by atoms with Gasteiger partial charge in [0, 0.05) is 32.3 Å². The summed E-state index contributed by atoms with van der Waals surface area (Å²) in [6.45, 7) is 4.51. The monoisotopic (exact) mass is 442 g/mol. The fraction of sp³-hybridized carbons (Fsp3) is 0.458. The van der Waals surface area contributed by atoms with Gasteiger partial charge in [-0.3, -0.25) is 9.69 Å². The molecule has 2 aliphatic rings. The summed E-state index contributed by atoms with van der Waals surface area (Å²) in [7, 11) is 3.10. The van der Waals surface area contributed by atoms with Crippen LogP contribution in [0.3, 0.4) is 0 Å². The second kappa shape index (κ2) is 9.32. The lowest BCUT2D eigenvalue weighted by Crippen LogP contribution is -2.43. The normalized spacial score (nSPS) is 18.7. The van der Waals surface area contributed by atoms with E-state index in [4.69, 9.17) is 9.47 Å². The Morgan fingerprint density at radius 3 is 2.45 bits per heavy atom. The molecule has 2 saturated heterocycles. The van der Waals surface area contributed by atoms with Gasteiger partial charge in [0.25, 0.3) is 0 Å². The summed E-state index contributed by atoms with van der Waals surface area (Å²) >= 11 is 1.64. The van der Waals surface area contributed by atoms with E-state index in [1.807, 2.05) is 39.9 Å². The maximum absolute atomic E-state index is 12.5. The number of piperidine rings is 1. The number of thiophene rings is 1. The van der Waals surface area contributed by atoms with Crippen molar-refractivity contribution in [2.45, 2.75) is 25.8 Å². The first-order valence-corrected chi connectivity index (χ1v) is 11.6. The van der Waals surface area contributed by atoms with Crippen LogP contribution < -0.4 is 9.47 Å². The molecule has 1 aromatic heterocycles.